The normalized spacial score (nSPS) is 14.5. The second-order valence-corrected chi connectivity index (χ2v) is 7.92. The first kappa shape index (κ1) is 21.2. The van der Waals surface area contributed by atoms with Crippen LogP contribution in [-0.2, 0) is 16.2 Å². The van der Waals surface area contributed by atoms with Crippen molar-refractivity contribution in [2.75, 3.05) is 25.0 Å². The number of fused-ring (bicyclic) bond motifs is 2. The number of carbonyl (C=O) groups is 1. The Labute approximate surface area is 173 Å². The van der Waals surface area contributed by atoms with E-state index in [1.807, 2.05) is 49.1 Å². The van der Waals surface area contributed by atoms with E-state index >= 15 is 0 Å². The Kier molecular flexibility index (Phi) is 7.20. The van der Waals surface area contributed by atoms with E-state index in [2.05, 4.69) is 41.1 Å². The molecular formula is C24H31N3O2. The smallest absolute Gasteiger partial charge is 0.227 e. The summed E-state index contributed by atoms with van der Waals surface area (Å²) in [6, 6.07) is 16.4. The molecule has 0 saturated carbocycles. The lowest BCUT2D eigenvalue weighted by Gasteiger charge is -2.27. The number of nitrogens with one attached hydrogen (secondary N) is 2. The summed E-state index contributed by atoms with van der Waals surface area (Å²) in [5.74, 6) is 0.148. The molecule has 29 heavy (non-hydrogen) atoms. The molecule has 0 aliphatic carbocycles. The van der Waals surface area contributed by atoms with Crippen molar-refractivity contribution >= 4 is 23.7 Å². The zero-order valence-electron chi connectivity index (χ0n) is 17.6. The third kappa shape index (κ3) is 5.76. The highest BCUT2D eigenvalue weighted by Gasteiger charge is 2.21. The van der Waals surface area contributed by atoms with Gasteiger partial charge in [0.25, 0.3) is 0 Å². The van der Waals surface area contributed by atoms with E-state index < -0.39 is 0 Å². The van der Waals surface area contributed by atoms with Crippen molar-refractivity contribution < 1.29 is 9.63 Å². The number of nitrogens with zero attached hydrogens (tertiary/aromatic N) is 1. The standard InChI is InChI=1S/C24H31N3O2/c1-24(2,29-25-3)18-26-16-8-13-23(28)27-17-21-11-5-4-9-19(21)14-15-20-10-6-7-12-22(20)27/h4-7,9-12,14-15,25-26H,8,13,16-18H2,1-3H3/b15-14-. The van der Waals surface area contributed by atoms with Gasteiger partial charge in [-0.1, -0.05) is 54.6 Å². The first-order chi connectivity index (χ1) is 14.0. The van der Waals surface area contributed by atoms with Crippen LogP contribution in [0.5, 0.6) is 0 Å². The van der Waals surface area contributed by atoms with E-state index in [0.29, 0.717) is 19.5 Å². The molecule has 2 aromatic rings. The van der Waals surface area contributed by atoms with Gasteiger partial charge in [-0.15, -0.1) is 0 Å². The van der Waals surface area contributed by atoms with Crippen LogP contribution in [-0.4, -0.2) is 31.6 Å². The molecule has 3 rings (SSSR count). The largest absolute Gasteiger partial charge is 0.314 e. The van der Waals surface area contributed by atoms with Crippen LogP contribution in [0.4, 0.5) is 5.69 Å². The zero-order chi connectivity index (χ0) is 20.7. The molecule has 1 aliphatic rings. The van der Waals surface area contributed by atoms with Gasteiger partial charge in [-0.05, 0) is 49.6 Å². The van der Waals surface area contributed by atoms with Gasteiger partial charge in [0.1, 0.15) is 0 Å². The van der Waals surface area contributed by atoms with E-state index in [1.165, 1.54) is 0 Å². The van der Waals surface area contributed by atoms with Crippen LogP contribution in [0, 0.1) is 0 Å². The maximum atomic E-state index is 13.1. The molecule has 2 aromatic carbocycles. The van der Waals surface area contributed by atoms with Crippen LogP contribution in [0.15, 0.2) is 48.5 Å². The summed E-state index contributed by atoms with van der Waals surface area (Å²) in [7, 11) is 1.76. The summed E-state index contributed by atoms with van der Waals surface area (Å²) < 4.78 is 0. The third-order valence-corrected chi connectivity index (χ3v) is 5.03. The zero-order valence-corrected chi connectivity index (χ0v) is 17.6. The number of carbonyl (C=O) groups excluding carboxylic acids is 1. The monoisotopic (exact) mass is 393 g/mol. The molecule has 0 saturated heterocycles. The fraction of sp³-hybridized carbons (Fsp3) is 0.375. The van der Waals surface area contributed by atoms with Gasteiger partial charge in [0.05, 0.1) is 17.8 Å². The highest BCUT2D eigenvalue weighted by Crippen LogP contribution is 2.29. The fourth-order valence-electron chi connectivity index (χ4n) is 3.57. The van der Waals surface area contributed by atoms with Crippen LogP contribution < -0.4 is 15.7 Å². The van der Waals surface area contributed by atoms with Crippen molar-refractivity contribution in [3.63, 3.8) is 0 Å². The molecule has 5 heteroatoms. The highest BCUT2D eigenvalue weighted by atomic mass is 16.7. The predicted octanol–water partition coefficient (Wildman–Crippen LogP) is 4.00. The van der Waals surface area contributed by atoms with Gasteiger partial charge in [-0.2, -0.15) is 0 Å². The van der Waals surface area contributed by atoms with Crippen LogP contribution in [0.1, 0.15) is 43.4 Å². The van der Waals surface area contributed by atoms with Gasteiger partial charge in [-0.3, -0.25) is 9.63 Å². The van der Waals surface area contributed by atoms with E-state index in [0.717, 1.165) is 35.3 Å². The minimum absolute atomic E-state index is 0.148. The van der Waals surface area contributed by atoms with Crippen LogP contribution >= 0.6 is 0 Å². The number of amides is 1. The number of hydrogen-bond donors (Lipinski definition) is 2. The summed E-state index contributed by atoms with van der Waals surface area (Å²) in [6.45, 7) is 6.11. The Bertz CT molecular complexity index is 861. The van der Waals surface area contributed by atoms with Crippen LogP contribution in [0.3, 0.4) is 0 Å². The minimum atomic E-state index is -0.295. The number of para-hydroxylation sites is 1. The first-order valence-corrected chi connectivity index (χ1v) is 10.2. The molecule has 0 unspecified atom stereocenters. The molecule has 0 fully saturated rings. The van der Waals surface area contributed by atoms with Crippen molar-refractivity contribution in [1.82, 2.24) is 10.8 Å². The minimum Gasteiger partial charge on any atom is -0.314 e. The van der Waals surface area contributed by atoms with Gasteiger partial charge < -0.3 is 10.2 Å². The number of anilines is 1. The predicted molar refractivity (Wildman–Crippen MR) is 119 cm³/mol. The topological polar surface area (TPSA) is 53.6 Å². The highest BCUT2D eigenvalue weighted by molar-refractivity contribution is 5.97. The number of hydrogen-bond acceptors (Lipinski definition) is 4. The molecule has 0 atom stereocenters. The summed E-state index contributed by atoms with van der Waals surface area (Å²) >= 11 is 0. The molecule has 1 heterocycles. The lowest BCUT2D eigenvalue weighted by Crippen LogP contribution is -2.41. The van der Waals surface area contributed by atoms with Crippen molar-refractivity contribution in [2.45, 2.75) is 38.8 Å². The molecule has 0 bridgehead atoms. The second kappa shape index (κ2) is 9.83. The first-order valence-electron chi connectivity index (χ1n) is 10.2. The Morgan fingerprint density at radius 1 is 1.07 bits per heavy atom. The van der Waals surface area contributed by atoms with Gasteiger partial charge in [0.15, 0.2) is 0 Å². The summed E-state index contributed by atoms with van der Waals surface area (Å²) in [5, 5.41) is 3.38. The van der Waals surface area contributed by atoms with Gasteiger partial charge in [0.2, 0.25) is 5.91 Å². The van der Waals surface area contributed by atoms with Crippen molar-refractivity contribution in [2.24, 2.45) is 0 Å². The van der Waals surface area contributed by atoms with Crippen LogP contribution in [0.2, 0.25) is 0 Å². The van der Waals surface area contributed by atoms with E-state index in [4.69, 9.17) is 4.84 Å². The van der Waals surface area contributed by atoms with Crippen molar-refractivity contribution in [3.05, 3.63) is 65.2 Å². The molecular weight excluding hydrogens is 362 g/mol. The number of hydroxylamine groups is 1. The Balaban J connectivity index is 1.66. The van der Waals surface area contributed by atoms with Crippen molar-refractivity contribution in [3.8, 4) is 0 Å². The average molecular weight is 394 g/mol. The molecule has 0 radical (unpaired) electrons. The molecule has 2 N–H and O–H groups in total. The molecule has 0 aromatic heterocycles. The third-order valence-electron chi connectivity index (χ3n) is 5.03. The second-order valence-electron chi connectivity index (χ2n) is 7.92. The lowest BCUT2D eigenvalue weighted by atomic mass is 10.0. The average Bonchev–Trinajstić information content (AvgIpc) is 2.69. The summed E-state index contributed by atoms with van der Waals surface area (Å²) in [6.07, 6.45) is 5.51. The summed E-state index contributed by atoms with van der Waals surface area (Å²) in [5.41, 5.74) is 6.80. The van der Waals surface area contributed by atoms with E-state index in [-0.39, 0.29) is 11.5 Å². The van der Waals surface area contributed by atoms with Gasteiger partial charge >= 0.3 is 0 Å². The molecule has 154 valence electrons. The molecule has 1 amide bonds. The number of rotatable bonds is 8. The number of benzene rings is 2. The van der Waals surface area contributed by atoms with Gasteiger partial charge in [-0.25, -0.2) is 5.48 Å². The maximum absolute atomic E-state index is 13.1. The fourth-order valence-corrected chi connectivity index (χ4v) is 3.57. The summed E-state index contributed by atoms with van der Waals surface area (Å²) in [4.78, 5) is 20.5. The van der Waals surface area contributed by atoms with Crippen molar-refractivity contribution in [1.29, 1.82) is 0 Å². The Morgan fingerprint density at radius 3 is 2.55 bits per heavy atom. The molecule has 1 aliphatic heterocycles. The van der Waals surface area contributed by atoms with E-state index in [1.54, 1.807) is 7.05 Å². The quantitative estimate of drug-likeness (QED) is 0.526. The molecule has 5 nitrogen and oxygen atoms in total. The van der Waals surface area contributed by atoms with Gasteiger partial charge in [0, 0.05) is 20.0 Å². The maximum Gasteiger partial charge on any atom is 0.227 e. The Morgan fingerprint density at radius 2 is 1.76 bits per heavy atom. The Hall–Kier alpha value is -2.47. The lowest BCUT2D eigenvalue weighted by molar-refractivity contribution is -0.118. The van der Waals surface area contributed by atoms with E-state index in [9.17, 15) is 4.79 Å². The molecule has 0 spiro atoms. The van der Waals surface area contributed by atoms with Crippen LogP contribution in [0.25, 0.3) is 12.2 Å². The SMILES string of the molecule is CNOC(C)(C)CNCCCC(=O)N1Cc2ccccc2/C=C\c2ccccc21.